The lowest BCUT2D eigenvalue weighted by Gasteiger charge is -2.34. The molecule has 0 radical (unpaired) electrons. The molecule has 0 aliphatic heterocycles. The van der Waals surface area contributed by atoms with Crippen molar-refractivity contribution in [3.8, 4) is 0 Å². The summed E-state index contributed by atoms with van der Waals surface area (Å²) >= 11 is 0. The standard InChI is InChI=1S/C21H29N3/c1-6-17-10-8-12-19(14-17)23(5)21(22)24(16(3)4)20-13-9-11-18(7-2)15-20/h8-16,22H,6-7H2,1-5H3. The van der Waals surface area contributed by atoms with E-state index in [1.807, 2.05) is 11.9 Å². The van der Waals surface area contributed by atoms with Gasteiger partial charge in [0, 0.05) is 24.5 Å². The minimum atomic E-state index is 0.210. The first kappa shape index (κ1) is 18.1. The third kappa shape index (κ3) is 3.97. The minimum Gasteiger partial charge on any atom is -0.316 e. The number of anilines is 2. The monoisotopic (exact) mass is 323 g/mol. The van der Waals surface area contributed by atoms with Gasteiger partial charge in [-0.1, -0.05) is 38.1 Å². The molecule has 0 fully saturated rings. The van der Waals surface area contributed by atoms with Crippen molar-refractivity contribution in [2.24, 2.45) is 0 Å². The summed E-state index contributed by atoms with van der Waals surface area (Å²) in [6.45, 7) is 8.57. The molecule has 3 nitrogen and oxygen atoms in total. The number of benzene rings is 2. The summed E-state index contributed by atoms with van der Waals surface area (Å²) in [5.74, 6) is 0.492. The van der Waals surface area contributed by atoms with E-state index in [0.717, 1.165) is 24.2 Å². The van der Waals surface area contributed by atoms with E-state index in [-0.39, 0.29) is 6.04 Å². The molecule has 128 valence electrons. The summed E-state index contributed by atoms with van der Waals surface area (Å²) < 4.78 is 0. The molecule has 0 heterocycles. The molecule has 0 saturated heterocycles. The number of hydrogen-bond acceptors (Lipinski definition) is 1. The Morgan fingerprint density at radius 3 is 1.92 bits per heavy atom. The number of aryl methyl sites for hydroxylation is 2. The molecule has 3 heteroatoms. The molecule has 2 rings (SSSR count). The fraction of sp³-hybridized carbons (Fsp3) is 0.381. The molecular formula is C21H29N3. The van der Waals surface area contributed by atoms with Crippen molar-refractivity contribution in [1.29, 1.82) is 5.41 Å². The Morgan fingerprint density at radius 1 is 0.917 bits per heavy atom. The first-order chi connectivity index (χ1) is 11.5. The summed E-state index contributed by atoms with van der Waals surface area (Å²) in [5, 5.41) is 8.76. The van der Waals surface area contributed by atoms with Crippen molar-refractivity contribution in [1.82, 2.24) is 0 Å². The fourth-order valence-electron chi connectivity index (χ4n) is 2.86. The predicted octanol–water partition coefficient (Wildman–Crippen LogP) is 5.10. The average Bonchev–Trinajstić information content (AvgIpc) is 2.61. The van der Waals surface area contributed by atoms with Crippen LogP contribution in [0.1, 0.15) is 38.8 Å². The van der Waals surface area contributed by atoms with Gasteiger partial charge in [-0.3, -0.25) is 5.41 Å². The molecule has 0 aliphatic rings. The van der Waals surface area contributed by atoms with Gasteiger partial charge < -0.3 is 9.80 Å². The van der Waals surface area contributed by atoms with Crippen molar-refractivity contribution >= 4 is 17.3 Å². The van der Waals surface area contributed by atoms with E-state index in [2.05, 4.69) is 81.1 Å². The van der Waals surface area contributed by atoms with Crippen LogP contribution < -0.4 is 9.80 Å². The lowest BCUT2D eigenvalue weighted by Crippen LogP contribution is -2.46. The van der Waals surface area contributed by atoms with Gasteiger partial charge in [0.2, 0.25) is 5.96 Å². The molecular weight excluding hydrogens is 294 g/mol. The second kappa shape index (κ2) is 8.00. The van der Waals surface area contributed by atoms with Crippen LogP contribution >= 0.6 is 0 Å². The van der Waals surface area contributed by atoms with E-state index in [0.29, 0.717) is 5.96 Å². The first-order valence-corrected chi connectivity index (χ1v) is 8.77. The smallest absolute Gasteiger partial charge is 0.202 e. The van der Waals surface area contributed by atoms with Crippen LogP contribution in [0.5, 0.6) is 0 Å². The van der Waals surface area contributed by atoms with Gasteiger partial charge in [0.15, 0.2) is 0 Å². The van der Waals surface area contributed by atoms with Crippen molar-refractivity contribution in [2.45, 2.75) is 46.6 Å². The van der Waals surface area contributed by atoms with Crippen molar-refractivity contribution < 1.29 is 0 Å². The zero-order valence-corrected chi connectivity index (χ0v) is 15.5. The second-order valence-corrected chi connectivity index (χ2v) is 6.39. The Labute approximate surface area is 146 Å². The first-order valence-electron chi connectivity index (χ1n) is 8.77. The molecule has 1 N–H and O–H groups in total. The molecule has 0 unspecified atom stereocenters. The van der Waals surface area contributed by atoms with Crippen LogP contribution in [0, 0.1) is 5.41 Å². The molecule has 0 amide bonds. The highest BCUT2D eigenvalue weighted by atomic mass is 15.4. The molecule has 0 aromatic heterocycles. The Kier molecular flexibility index (Phi) is 6.02. The van der Waals surface area contributed by atoms with Gasteiger partial charge in [-0.05, 0) is 62.1 Å². The van der Waals surface area contributed by atoms with Crippen LogP contribution in [0.4, 0.5) is 11.4 Å². The van der Waals surface area contributed by atoms with Gasteiger partial charge in [-0.15, -0.1) is 0 Å². The van der Waals surface area contributed by atoms with Gasteiger partial charge >= 0.3 is 0 Å². The molecule has 0 aliphatic carbocycles. The van der Waals surface area contributed by atoms with E-state index in [9.17, 15) is 0 Å². The van der Waals surface area contributed by atoms with Crippen molar-refractivity contribution in [3.05, 3.63) is 59.7 Å². The number of nitrogens with one attached hydrogen (secondary N) is 1. The third-order valence-corrected chi connectivity index (χ3v) is 4.37. The summed E-state index contributed by atoms with van der Waals surface area (Å²) in [7, 11) is 1.97. The van der Waals surface area contributed by atoms with Gasteiger partial charge in [0.25, 0.3) is 0 Å². The van der Waals surface area contributed by atoms with Gasteiger partial charge in [0.1, 0.15) is 0 Å². The number of hydrogen-bond donors (Lipinski definition) is 1. The maximum absolute atomic E-state index is 8.76. The number of rotatable bonds is 5. The van der Waals surface area contributed by atoms with Gasteiger partial charge in [0.05, 0.1) is 0 Å². The third-order valence-electron chi connectivity index (χ3n) is 4.37. The molecule has 0 saturated carbocycles. The maximum atomic E-state index is 8.76. The normalized spacial score (nSPS) is 10.8. The zero-order valence-electron chi connectivity index (χ0n) is 15.5. The van der Waals surface area contributed by atoms with Crippen LogP contribution in [-0.4, -0.2) is 19.0 Å². The SMILES string of the molecule is CCc1cccc(N(C)C(=N)N(c2cccc(CC)c2)C(C)C)c1. The van der Waals surface area contributed by atoms with Crippen molar-refractivity contribution in [3.63, 3.8) is 0 Å². The highest BCUT2D eigenvalue weighted by Gasteiger charge is 2.20. The Bertz CT molecular complexity index is 691. The minimum absolute atomic E-state index is 0.210. The topological polar surface area (TPSA) is 30.3 Å². The number of nitrogens with zero attached hydrogens (tertiary/aromatic N) is 2. The fourth-order valence-corrected chi connectivity index (χ4v) is 2.86. The molecule has 0 spiro atoms. The quantitative estimate of drug-likeness (QED) is 0.613. The van der Waals surface area contributed by atoms with Gasteiger partial charge in [-0.2, -0.15) is 0 Å². The Hall–Kier alpha value is -2.29. The maximum Gasteiger partial charge on any atom is 0.202 e. The lowest BCUT2D eigenvalue weighted by molar-refractivity contribution is 0.793. The largest absolute Gasteiger partial charge is 0.316 e. The predicted molar refractivity (Wildman–Crippen MR) is 105 cm³/mol. The zero-order chi connectivity index (χ0) is 17.7. The van der Waals surface area contributed by atoms with Crippen LogP contribution in [0.3, 0.4) is 0 Å². The molecule has 2 aromatic carbocycles. The Balaban J connectivity index is 2.34. The summed E-state index contributed by atoms with van der Waals surface area (Å²) in [6, 6.07) is 17.1. The van der Waals surface area contributed by atoms with E-state index in [1.165, 1.54) is 11.1 Å². The molecule has 0 atom stereocenters. The van der Waals surface area contributed by atoms with E-state index >= 15 is 0 Å². The lowest BCUT2D eigenvalue weighted by atomic mass is 10.1. The van der Waals surface area contributed by atoms with Crippen molar-refractivity contribution in [2.75, 3.05) is 16.8 Å². The molecule has 24 heavy (non-hydrogen) atoms. The van der Waals surface area contributed by atoms with Crippen LogP contribution in [0.15, 0.2) is 48.5 Å². The average molecular weight is 323 g/mol. The Morgan fingerprint density at radius 2 is 1.42 bits per heavy atom. The summed E-state index contributed by atoms with van der Waals surface area (Å²) in [4.78, 5) is 4.04. The van der Waals surface area contributed by atoms with Crippen LogP contribution in [-0.2, 0) is 12.8 Å². The highest BCUT2D eigenvalue weighted by molar-refractivity contribution is 6.05. The van der Waals surface area contributed by atoms with E-state index in [4.69, 9.17) is 5.41 Å². The van der Waals surface area contributed by atoms with E-state index < -0.39 is 0 Å². The van der Waals surface area contributed by atoms with Gasteiger partial charge in [-0.25, -0.2) is 0 Å². The van der Waals surface area contributed by atoms with Crippen LogP contribution in [0.25, 0.3) is 0 Å². The second-order valence-electron chi connectivity index (χ2n) is 6.39. The summed E-state index contributed by atoms with van der Waals surface area (Å²) in [6.07, 6.45) is 2.00. The van der Waals surface area contributed by atoms with Crippen LogP contribution in [0.2, 0.25) is 0 Å². The molecule has 0 bridgehead atoms. The number of guanidine groups is 1. The highest BCUT2D eigenvalue weighted by Crippen LogP contribution is 2.23. The summed E-state index contributed by atoms with van der Waals surface area (Å²) in [5.41, 5.74) is 4.71. The van der Waals surface area contributed by atoms with E-state index in [1.54, 1.807) is 0 Å². The molecule has 2 aromatic rings.